The molecule has 5 nitrogen and oxygen atoms in total. The average Bonchev–Trinajstić information content (AvgIpc) is 3.05. The maximum absolute atomic E-state index is 11.8. The number of aliphatic hydroxyl groups excluding tert-OH is 1. The number of thiophene rings is 1. The molecule has 2 heterocycles. The van der Waals surface area contributed by atoms with Gasteiger partial charge in [-0.15, -0.1) is 12.4 Å². The molecule has 0 saturated carbocycles. The van der Waals surface area contributed by atoms with E-state index in [9.17, 15) is 9.90 Å². The number of rotatable bonds is 5. The zero-order chi connectivity index (χ0) is 13.0. The Bertz CT molecular complexity index is 388. The minimum atomic E-state index is -0.660. The highest BCUT2D eigenvalue weighted by Crippen LogP contribution is 2.19. The van der Waals surface area contributed by atoms with E-state index >= 15 is 0 Å². The molecule has 4 N–H and O–H groups in total. The Morgan fingerprint density at radius 1 is 1.63 bits per heavy atom. The van der Waals surface area contributed by atoms with Crippen LogP contribution in [-0.4, -0.2) is 36.3 Å². The Kier molecular flexibility index (Phi) is 6.74. The van der Waals surface area contributed by atoms with Crippen LogP contribution in [0.5, 0.6) is 0 Å². The summed E-state index contributed by atoms with van der Waals surface area (Å²) in [5.41, 5.74) is 6.31. The second-order valence-electron chi connectivity index (χ2n) is 4.38. The zero-order valence-corrected chi connectivity index (χ0v) is 12.1. The molecule has 3 atom stereocenters. The lowest BCUT2D eigenvalue weighted by atomic mass is 10.1. The fourth-order valence-corrected chi connectivity index (χ4v) is 2.67. The Balaban J connectivity index is 0.00000180. The lowest BCUT2D eigenvalue weighted by molar-refractivity contribution is -0.132. The molecule has 1 saturated heterocycles. The number of halogens is 1. The van der Waals surface area contributed by atoms with Crippen LogP contribution in [0, 0.1) is 0 Å². The van der Waals surface area contributed by atoms with Gasteiger partial charge in [-0.2, -0.15) is 11.3 Å². The molecule has 0 spiro atoms. The molecule has 1 amide bonds. The molecule has 1 aromatic heterocycles. The predicted molar refractivity (Wildman–Crippen MR) is 76.5 cm³/mol. The molecule has 0 aromatic carbocycles. The molecule has 1 aromatic rings. The number of nitrogens with one attached hydrogen (secondary N) is 1. The number of amides is 1. The van der Waals surface area contributed by atoms with Gasteiger partial charge in [0.15, 0.2) is 0 Å². The van der Waals surface area contributed by atoms with E-state index in [4.69, 9.17) is 10.5 Å². The van der Waals surface area contributed by atoms with E-state index in [1.165, 1.54) is 11.3 Å². The summed E-state index contributed by atoms with van der Waals surface area (Å²) in [5, 5.41) is 16.3. The lowest BCUT2D eigenvalue weighted by Gasteiger charge is -2.14. The Morgan fingerprint density at radius 2 is 2.42 bits per heavy atom. The van der Waals surface area contributed by atoms with Crippen LogP contribution in [0.2, 0.25) is 0 Å². The smallest absolute Gasteiger partial charge is 0.249 e. The van der Waals surface area contributed by atoms with Crippen molar-refractivity contribution in [2.75, 3.05) is 13.1 Å². The van der Waals surface area contributed by atoms with Gasteiger partial charge in [0, 0.05) is 13.1 Å². The molecule has 0 bridgehead atoms. The molecule has 2 rings (SSSR count). The van der Waals surface area contributed by atoms with Crippen LogP contribution < -0.4 is 11.1 Å². The Morgan fingerprint density at radius 3 is 3.00 bits per heavy atom. The minimum absolute atomic E-state index is 0. The third-order valence-corrected chi connectivity index (χ3v) is 3.76. The first kappa shape index (κ1) is 16.4. The summed E-state index contributed by atoms with van der Waals surface area (Å²) in [6, 6.07) is 1.85. The van der Waals surface area contributed by atoms with Gasteiger partial charge >= 0.3 is 0 Å². The van der Waals surface area contributed by atoms with Gasteiger partial charge in [0.05, 0.1) is 12.2 Å². The van der Waals surface area contributed by atoms with Crippen LogP contribution in [0.25, 0.3) is 0 Å². The van der Waals surface area contributed by atoms with Gasteiger partial charge in [-0.05, 0) is 35.2 Å². The first-order chi connectivity index (χ1) is 8.70. The highest BCUT2D eigenvalue weighted by atomic mass is 35.5. The fourth-order valence-electron chi connectivity index (χ4n) is 1.97. The summed E-state index contributed by atoms with van der Waals surface area (Å²) in [4.78, 5) is 11.8. The van der Waals surface area contributed by atoms with Gasteiger partial charge < -0.3 is 20.9 Å². The second kappa shape index (κ2) is 7.81. The van der Waals surface area contributed by atoms with E-state index in [1.807, 2.05) is 16.8 Å². The van der Waals surface area contributed by atoms with Crippen LogP contribution in [0.1, 0.15) is 24.5 Å². The maximum Gasteiger partial charge on any atom is 0.249 e. The van der Waals surface area contributed by atoms with Crippen molar-refractivity contribution >= 4 is 29.7 Å². The van der Waals surface area contributed by atoms with Crippen molar-refractivity contribution in [1.29, 1.82) is 0 Å². The third kappa shape index (κ3) is 4.43. The van der Waals surface area contributed by atoms with Gasteiger partial charge in [-0.3, -0.25) is 4.79 Å². The quantitative estimate of drug-likeness (QED) is 0.752. The van der Waals surface area contributed by atoms with Gasteiger partial charge in [0.2, 0.25) is 5.91 Å². The van der Waals surface area contributed by atoms with Crippen molar-refractivity contribution in [3.05, 3.63) is 22.4 Å². The molecular weight excluding hydrogens is 288 g/mol. The van der Waals surface area contributed by atoms with Gasteiger partial charge in [-0.1, -0.05) is 0 Å². The monoisotopic (exact) mass is 306 g/mol. The number of carbonyl (C=O) groups is 1. The van der Waals surface area contributed by atoms with Crippen molar-refractivity contribution in [2.45, 2.75) is 31.2 Å². The molecule has 0 radical (unpaired) electrons. The molecule has 108 valence electrons. The molecule has 1 unspecified atom stereocenters. The lowest BCUT2D eigenvalue weighted by Crippen LogP contribution is -2.37. The molecule has 7 heteroatoms. The topological polar surface area (TPSA) is 84.6 Å². The number of carbonyl (C=O) groups excluding carboxylic acids is 1. The van der Waals surface area contributed by atoms with Gasteiger partial charge in [-0.25, -0.2) is 0 Å². The second-order valence-corrected chi connectivity index (χ2v) is 5.16. The van der Waals surface area contributed by atoms with Crippen LogP contribution >= 0.6 is 23.7 Å². The van der Waals surface area contributed by atoms with E-state index in [2.05, 4.69) is 5.32 Å². The van der Waals surface area contributed by atoms with Gasteiger partial charge in [0.1, 0.15) is 6.10 Å². The fraction of sp³-hybridized carbons (Fsp3) is 0.583. The molecular formula is C12H19ClN2O3S. The summed E-state index contributed by atoms with van der Waals surface area (Å²) >= 11 is 1.52. The van der Waals surface area contributed by atoms with E-state index in [-0.39, 0.29) is 31.0 Å². The Hall–Kier alpha value is -0.660. The number of hydrogen-bond donors (Lipinski definition) is 3. The molecule has 19 heavy (non-hydrogen) atoms. The molecule has 1 fully saturated rings. The molecule has 1 aliphatic rings. The summed E-state index contributed by atoms with van der Waals surface area (Å²) in [5.74, 6) is -0.166. The number of ether oxygens (including phenoxy) is 1. The summed E-state index contributed by atoms with van der Waals surface area (Å²) in [6.07, 6.45) is 0.423. The van der Waals surface area contributed by atoms with Crippen LogP contribution in [0.15, 0.2) is 16.8 Å². The summed E-state index contributed by atoms with van der Waals surface area (Å²) in [7, 11) is 0. The predicted octanol–water partition coefficient (Wildman–Crippen LogP) is 0.826. The van der Waals surface area contributed by atoms with Crippen molar-refractivity contribution in [3.63, 3.8) is 0 Å². The van der Waals surface area contributed by atoms with Crippen molar-refractivity contribution in [1.82, 2.24) is 5.32 Å². The van der Waals surface area contributed by atoms with E-state index in [0.717, 1.165) is 12.0 Å². The SMILES string of the molecule is Cl.NC[C@H]1CC[C@@H](C(=O)NCC(O)c2ccsc2)O1. The van der Waals surface area contributed by atoms with E-state index < -0.39 is 12.2 Å². The van der Waals surface area contributed by atoms with Crippen LogP contribution in [-0.2, 0) is 9.53 Å². The average molecular weight is 307 g/mol. The van der Waals surface area contributed by atoms with Crippen molar-refractivity contribution in [3.8, 4) is 0 Å². The number of aliphatic hydroxyl groups is 1. The standard InChI is InChI=1S/C12H18N2O3S.ClH/c13-5-9-1-2-11(17-9)12(16)14-6-10(15)8-3-4-18-7-8;/h3-4,7,9-11,15H,1-2,5-6,13H2,(H,14,16);1H/t9-,10?,11+;/m1./s1. The molecule has 0 aliphatic carbocycles. The first-order valence-corrected chi connectivity index (χ1v) is 6.98. The summed E-state index contributed by atoms with van der Waals surface area (Å²) < 4.78 is 5.48. The van der Waals surface area contributed by atoms with Crippen molar-refractivity contribution in [2.24, 2.45) is 5.73 Å². The number of hydrogen-bond acceptors (Lipinski definition) is 5. The van der Waals surface area contributed by atoms with E-state index in [1.54, 1.807) is 0 Å². The highest BCUT2D eigenvalue weighted by molar-refractivity contribution is 7.07. The minimum Gasteiger partial charge on any atom is -0.387 e. The first-order valence-electron chi connectivity index (χ1n) is 6.04. The van der Waals surface area contributed by atoms with Crippen LogP contribution in [0.4, 0.5) is 0 Å². The van der Waals surface area contributed by atoms with Crippen molar-refractivity contribution < 1.29 is 14.6 Å². The third-order valence-electron chi connectivity index (χ3n) is 3.06. The maximum atomic E-state index is 11.8. The largest absolute Gasteiger partial charge is 0.387 e. The normalized spacial score (nSPS) is 23.7. The van der Waals surface area contributed by atoms with Crippen LogP contribution in [0.3, 0.4) is 0 Å². The zero-order valence-electron chi connectivity index (χ0n) is 10.5. The molecule has 1 aliphatic heterocycles. The highest BCUT2D eigenvalue weighted by Gasteiger charge is 2.29. The summed E-state index contributed by atoms with van der Waals surface area (Å²) in [6.45, 7) is 0.657. The van der Waals surface area contributed by atoms with E-state index in [0.29, 0.717) is 13.0 Å². The Labute approximate surface area is 122 Å². The number of nitrogens with two attached hydrogens (primary N) is 1. The van der Waals surface area contributed by atoms with Gasteiger partial charge in [0.25, 0.3) is 0 Å².